The Kier molecular flexibility index (Phi) is 6.16. The van der Waals surface area contributed by atoms with Gasteiger partial charge in [-0.1, -0.05) is 51.3 Å². The topological polar surface area (TPSA) is 67.4 Å². The van der Waals surface area contributed by atoms with Crippen LogP contribution in [-0.2, 0) is 16.2 Å². The van der Waals surface area contributed by atoms with Gasteiger partial charge in [0.05, 0.1) is 5.02 Å². The summed E-state index contributed by atoms with van der Waals surface area (Å²) in [7, 11) is 0. The van der Waals surface area contributed by atoms with Crippen LogP contribution >= 0.6 is 51.3 Å². The van der Waals surface area contributed by atoms with Crippen molar-refractivity contribution in [2.45, 2.75) is 6.61 Å². The minimum absolute atomic E-state index is 0.0435. The van der Waals surface area contributed by atoms with Crippen LogP contribution in [0.1, 0.15) is 11.1 Å². The maximum absolute atomic E-state index is 12.1. The monoisotopic (exact) mass is 484 g/mol. The molecular weight excluding hydrogens is 475 g/mol. The van der Waals surface area contributed by atoms with Crippen LogP contribution < -0.4 is 15.4 Å². The molecule has 2 amide bonds. The van der Waals surface area contributed by atoms with E-state index in [1.165, 1.54) is 12.1 Å². The average Bonchev–Trinajstić information content (AvgIpc) is 2.58. The van der Waals surface area contributed by atoms with E-state index in [4.69, 9.17) is 40.2 Å². The first-order chi connectivity index (χ1) is 12.8. The third-order valence-electron chi connectivity index (χ3n) is 3.58. The standard InChI is InChI=1S/C18H11BrCl2N2O3S/c19-11-3-1-9(2-4-11)8-26-15-10(5-12(20)7-14(15)21)6-13-16(24)22-18(27)23-17(13)25/h1-7H,8H2,(H2,22,23,24,25,27). The number of hydrogen-bond acceptors (Lipinski definition) is 4. The summed E-state index contributed by atoms with van der Waals surface area (Å²) in [5.74, 6) is -0.914. The molecule has 0 atom stereocenters. The van der Waals surface area contributed by atoms with E-state index in [0.29, 0.717) is 16.3 Å². The lowest BCUT2D eigenvalue weighted by atomic mass is 10.1. The molecule has 138 valence electrons. The lowest BCUT2D eigenvalue weighted by Gasteiger charge is -2.17. The number of amides is 2. The molecule has 27 heavy (non-hydrogen) atoms. The molecule has 0 aromatic heterocycles. The molecule has 0 saturated carbocycles. The molecule has 0 unspecified atom stereocenters. The maximum atomic E-state index is 12.1. The van der Waals surface area contributed by atoms with Gasteiger partial charge in [-0.3, -0.25) is 20.2 Å². The third-order valence-corrected chi connectivity index (χ3v) is 4.81. The molecule has 0 aliphatic carbocycles. The summed E-state index contributed by atoms with van der Waals surface area (Å²) in [6.07, 6.45) is 1.36. The van der Waals surface area contributed by atoms with Crippen LogP contribution in [0, 0.1) is 0 Å². The zero-order chi connectivity index (χ0) is 19.6. The van der Waals surface area contributed by atoms with Gasteiger partial charge in [0.2, 0.25) is 0 Å². The summed E-state index contributed by atoms with van der Waals surface area (Å²) in [6.45, 7) is 0.243. The number of carbonyl (C=O) groups excluding carboxylic acids is 2. The highest BCUT2D eigenvalue weighted by atomic mass is 79.9. The van der Waals surface area contributed by atoms with Crippen molar-refractivity contribution in [3.63, 3.8) is 0 Å². The second kappa shape index (κ2) is 8.39. The molecule has 0 radical (unpaired) electrons. The first-order valence-corrected chi connectivity index (χ1v) is 9.54. The molecule has 1 aliphatic heterocycles. The zero-order valence-corrected chi connectivity index (χ0v) is 17.4. The van der Waals surface area contributed by atoms with E-state index in [1.54, 1.807) is 6.07 Å². The lowest BCUT2D eigenvalue weighted by molar-refractivity contribution is -0.123. The highest BCUT2D eigenvalue weighted by molar-refractivity contribution is 9.10. The van der Waals surface area contributed by atoms with Crippen molar-refractivity contribution in [2.75, 3.05) is 0 Å². The van der Waals surface area contributed by atoms with E-state index in [2.05, 4.69) is 26.6 Å². The minimum atomic E-state index is -0.612. The fraction of sp³-hybridized carbons (Fsp3) is 0.0556. The second-order valence-corrected chi connectivity index (χ2v) is 7.68. The predicted octanol–water partition coefficient (Wildman–Crippen LogP) is 4.25. The molecular formula is C18H11BrCl2N2O3S. The van der Waals surface area contributed by atoms with Crippen LogP contribution in [0.2, 0.25) is 10.0 Å². The summed E-state index contributed by atoms with van der Waals surface area (Å²) in [5, 5.41) is 5.31. The fourth-order valence-electron chi connectivity index (χ4n) is 2.34. The molecule has 1 saturated heterocycles. The SMILES string of the molecule is O=C1NC(=S)NC(=O)C1=Cc1cc(Cl)cc(Cl)c1OCc1ccc(Br)cc1. The van der Waals surface area contributed by atoms with Crippen LogP contribution in [0.25, 0.3) is 6.08 Å². The van der Waals surface area contributed by atoms with Crippen molar-refractivity contribution < 1.29 is 14.3 Å². The number of ether oxygens (including phenoxy) is 1. The molecule has 0 spiro atoms. The van der Waals surface area contributed by atoms with Gasteiger partial charge in [-0.2, -0.15) is 0 Å². The van der Waals surface area contributed by atoms with Gasteiger partial charge in [0.1, 0.15) is 17.9 Å². The molecule has 0 bridgehead atoms. The quantitative estimate of drug-likeness (QED) is 0.386. The number of hydrogen-bond donors (Lipinski definition) is 2. The Morgan fingerprint density at radius 3 is 2.33 bits per heavy atom. The van der Waals surface area contributed by atoms with Crippen LogP contribution in [0.15, 0.2) is 46.4 Å². The van der Waals surface area contributed by atoms with E-state index in [9.17, 15) is 9.59 Å². The first kappa shape index (κ1) is 19.8. The highest BCUT2D eigenvalue weighted by Gasteiger charge is 2.26. The number of halogens is 3. The number of benzene rings is 2. The Hall–Kier alpha value is -1.93. The molecule has 1 aliphatic rings. The molecule has 2 N–H and O–H groups in total. The van der Waals surface area contributed by atoms with Gasteiger partial charge in [-0.05, 0) is 48.1 Å². The zero-order valence-electron chi connectivity index (χ0n) is 13.5. The average molecular weight is 486 g/mol. The Bertz CT molecular complexity index is 955. The Morgan fingerprint density at radius 1 is 1.07 bits per heavy atom. The predicted molar refractivity (Wildman–Crippen MR) is 112 cm³/mol. The van der Waals surface area contributed by atoms with Crippen LogP contribution in [0.5, 0.6) is 5.75 Å². The molecule has 5 nitrogen and oxygen atoms in total. The largest absolute Gasteiger partial charge is 0.487 e. The van der Waals surface area contributed by atoms with Crippen LogP contribution in [0.3, 0.4) is 0 Å². The molecule has 2 aromatic rings. The van der Waals surface area contributed by atoms with E-state index in [0.717, 1.165) is 10.0 Å². The van der Waals surface area contributed by atoms with E-state index >= 15 is 0 Å². The van der Waals surface area contributed by atoms with Crippen LogP contribution in [0.4, 0.5) is 0 Å². The summed E-state index contributed by atoms with van der Waals surface area (Å²) >= 11 is 20.5. The molecule has 9 heteroatoms. The number of rotatable bonds is 4. The minimum Gasteiger partial charge on any atom is -0.487 e. The van der Waals surface area contributed by atoms with Crippen molar-refractivity contribution in [1.29, 1.82) is 0 Å². The highest BCUT2D eigenvalue weighted by Crippen LogP contribution is 2.34. The van der Waals surface area contributed by atoms with Crippen molar-refractivity contribution in [1.82, 2.24) is 10.6 Å². The molecule has 1 heterocycles. The number of nitrogens with one attached hydrogen (secondary N) is 2. The van der Waals surface area contributed by atoms with Gasteiger partial charge in [0.25, 0.3) is 11.8 Å². The smallest absolute Gasteiger partial charge is 0.263 e. The number of thiocarbonyl (C=S) groups is 1. The van der Waals surface area contributed by atoms with Gasteiger partial charge < -0.3 is 4.74 Å². The van der Waals surface area contributed by atoms with Crippen molar-refractivity contribution in [2.24, 2.45) is 0 Å². The Morgan fingerprint density at radius 2 is 1.70 bits per heavy atom. The summed E-state index contributed by atoms with van der Waals surface area (Å²) in [5.41, 5.74) is 1.19. The Balaban J connectivity index is 1.94. The molecule has 2 aromatic carbocycles. The summed E-state index contributed by atoms with van der Waals surface area (Å²) in [6, 6.07) is 10.7. The van der Waals surface area contributed by atoms with Gasteiger partial charge in [0.15, 0.2) is 5.11 Å². The molecule has 1 fully saturated rings. The van der Waals surface area contributed by atoms with Crippen molar-refractivity contribution in [3.05, 3.63) is 67.6 Å². The van der Waals surface area contributed by atoms with Gasteiger partial charge in [0, 0.05) is 15.1 Å². The Labute approximate surface area is 178 Å². The fourth-order valence-corrected chi connectivity index (χ4v) is 3.35. The second-order valence-electron chi connectivity index (χ2n) is 5.52. The first-order valence-electron chi connectivity index (χ1n) is 7.58. The van der Waals surface area contributed by atoms with E-state index in [1.807, 2.05) is 24.3 Å². The van der Waals surface area contributed by atoms with Crippen molar-refractivity contribution >= 4 is 74.4 Å². The molecule has 3 rings (SSSR count). The lowest BCUT2D eigenvalue weighted by Crippen LogP contribution is -2.51. The summed E-state index contributed by atoms with van der Waals surface area (Å²) in [4.78, 5) is 24.1. The normalized spacial score (nSPS) is 13.9. The number of carbonyl (C=O) groups is 2. The van der Waals surface area contributed by atoms with Gasteiger partial charge >= 0.3 is 0 Å². The van der Waals surface area contributed by atoms with Gasteiger partial charge in [-0.15, -0.1) is 0 Å². The van der Waals surface area contributed by atoms with E-state index < -0.39 is 11.8 Å². The van der Waals surface area contributed by atoms with Gasteiger partial charge in [-0.25, -0.2) is 0 Å². The van der Waals surface area contributed by atoms with Crippen molar-refractivity contribution in [3.8, 4) is 5.75 Å². The van der Waals surface area contributed by atoms with Crippen LogP contribution in [-0.4, -0.2) is 16.9 Å². The third kappa shape index (κ3) is 4.87. The maximum Gasteiger partial charge on any atom is 0.263 e. The summed E-state index contributed by atoms with van der Waals surface area (Å²) < 4.78 is 6.79. The van der Waals surface area contributed by atoms with E-state index in [-0.39, 0.29) is 22.3 Å².